The van der Waals surface area contributed by atoms with Gasteiger partial charge >= 0.3 is 5.76 Å². The number of nitrogens with one attached hydrogen (secondary N) is 1. The van der Waals surface area contributed by atoms with E-state index in [4.69, 9.17) is 4.52 Å². The SMILES string of the molecule is CNc1ccccc1-c1c(C)ccc(=O)n1-c1ccc(-c2noc(=O)n2C)cc1. The van der Waals surface area contributed by atoms with Crippen LogP contribution >= 0.6 is 0 Å². The monoisotopic (exact) mass is 388 g/mol. The van der Waals surface area contributed by atoms with Gasteiger partial charge in [0.15, 0.2) is 5.82 Å². The normalized spacial score (nSPS) is 10.9. The van der Waals surface area contributed by atoms with Gasteiger partial charge in [0, 0.05) is 42.7 Å². The lowest BCUT2D eigenvalue weighted by Gasteiger charge is -2.18. The summed E-state index contributed by atoms with van der Waals surface area (Å²) in [5, 5.41) is 7.00. The summed E-state index contributed by atoms with van der Waals surface area (Å²) in [5.41, 5.74) is 4.99. The van der Waals surface area contributed by atoms with Gasteiger partial charge in [0.2, 0.25) is 0 Å². The van der Waals surface area contributed by atoms with Gasteiger partial charge in [-0.15, -0.1) is 0 Å². The van der Waals surface area contributed by atoms with E-state index in [0.717, 1.165) is 33.8 Å². The quantitative estimate of drug-likeness (QED) is 0.581. The van der Waals surface area contributed by atoms with Crippen molar-refractivity contribution in [1.29, 1.82) is 0 Å². The van der Waals surface area contributed by atoms with Crippen LogP contribution in [0.1, 0.15) is 5.56 Å². The maximum Gasteiger partial charge on any atom is 0.441 e. The molecule has 2 aromatic heterocycles. The molecule has 0 aliphatic heterocycles. The molecule has 0 fully saturated rings. The number of hydrogen-bond donors (Lipinski definition) is 1. The lowest BCUT2D eigenvalue weighted by molar-refractivity contribution is 0.380. The fourth-order valence-electron chi connectivity index (χ4n) is 3.43. The van der Waals surface area contributed by atoms with Gasteiger partial charge < -0.3 is 5.32 Å². The van der Waals surface area contributed by atoms with Crippen molar-refractivity contribution in [3.63, 3.8) is 0 Å². The minimum atomic E-state index is -0.523. The molecule has 0 unspecified atom stereocenters. The van der Waals surface area contributed by atoms with Gasteiger partial charge in [0.05, 0.1) is 5.69 Å². The number of rotatable bonds is 4. The summed E-state index contributed by atoms with van der Waals surface area (Å²) in [6, 6.07) is 18.6. The highest BCUT2D eigenvalue weighted by Crippen LogP contribution is 2.31. The predicted molar refractivity (Wildman–Crippen MR) is 112 cm³/mol. The zero-order chi connectivity index (χ0) is 20.5. The first-order valence-electron chi connectivity index (χ1n) is 9.14. The van der Waals surface area contributed by atoms with E-state index in [0.29, 0.717) is 5.82 Å². The Kier molecular flexibility index (Phi) is 4.64. The number of pyridine rings is 1. The summed E-state index contributed by atoms with van der Waals surface area (Å²) < 4.78 is 7.72. The second-order valence-corrected chi connectivity index (χ2v) is 6.71. The molecule has 0 amide bonds. The zero-order valence-electron chi connectivity index (χ0n) is 16.3. The maximum absolute atomic E-state index is 12.8. The molecule has 0 atom stereocenters. The number of benzene rings is 2. The summed E-state index contributed by atoms with van der Waals surface area (Å²) in [6.45, 7) is 1.98. The van der Waals surface area contributed by atoms with Crippen molar-refractivity contribution in [1.82, 2.24) is 14.3 Å². The third-order valence-corrected chi connectivity index (χ3v) is 4.93. The predicted octanol–water partition coefficient (Wildman–Crippen LogP) is 3.21. The molecule has 0 aliphatic rings. The lowest BCUT2D eigenvalue weighted by Crippen LogP contribution is -2.20. The summed E-state index contributed by atoms with van der Waals surface area (Å²) >= 11 is 0. The minimum Gasteiger partial charge on any atom is -0.388 e. The highest BCUT2D eigenvalue weighted by molar-refractivity contribution is 5.78. The highest BCUT2D eigenvalue weighted by atomic mass is 16.5. The fourth-order valence-corrected chi connectivity index (χ4v) is 3.43. The van der Waals surface area contributed by atoms with E-state index in [1.807, 2.05) is 68.6 Å². The number of nitrogens with zero attached hydrogens (tertiary/aromatic N) is 3. The molecule has 1 N–H and O–H groups in total. The fraction of sp³-hybridized carbons (Fsp3) is 0.136. The minimum absolute atomic E-state index is 0.127. The molecule has 0 aliphatic carbocycles. The molecule has 29 heavy (non-hydrogen) atoms. The molecule has 4 rings (SSSR count). The van der Waals surface area contributed by atoms with Crippen LogP contribution in [0.25, 0.3) is 28.3 Å². The third kappa shape index (κ3) is 3.16. The van der Waals surface area contributed by atoms with Crippen LogP contribution in [0.5, 0.6) is 0 Å². The molecular formula is C22H20N4O3. The maximum atomic E-state index is 12.8. The molecule has 7 heteroatoms. The molecule has 0 bridgehead atoms. The van der Waals surface area contributed by atoms with E-state index >= 15 is 0 Å². The van der Waals surface area contributed by atoms with E-state index in [1.165, 1.54) is 4.57 Å². The van der Waals surface area contributed by atoms with Crippen LogP contribution in [0, 0.1) is 6.92 Å². The van der Waals surface area contributed by atoms with Crippen molar-refractivity contribution in [2.24, 2.45) is 7.05 Å². The van der Waals surface area contributed by atoms with Crippen molar-refractivity contribution < 1.29 is 4.52 Å². The summed E-state index contributed by atoms with van der Waals surface area (Å²) in [5.74, 6) is -0.0937. The second kappa shape index (κ2) is 7.27. The molecule has 2 aromatic carbocycles. The molecule has 0 saturated carbocycles. The molecule has 0 spiro atoms. The van der Waals surface area contributed by atoms with Gasteiger partial charge in [-0.2, -0.15) is 0 Å². The first-order chi connectivity index (χ1) is 14.0. The molecule has 146 valence electrons. The van der Waals surface area contributed by atoms with Crippen LogP contribution in [-0.2, 0) is 7.05 Å². The van der Waals surface area contributed by atoms with E-state index in [9.17, 15) is 9.59 Å². The first-order valence-corrected chi connectivity index (χ1v) is 9.14. The van der Waals surface area contributed by atoms with Gasteiger partial charge in [0.1, 0.15) is 0 Å². The van der Waals surface area contributed by atoms with Crippen LogP contribution in [-0.4, -0.2) is 21.3 Å². The van der Waals surface area contributed by atoms with Crippen molar-refractivity contribution in [2.45, 2.75) is 6.92 Å². The van der Waals surface area contributed by atoms with Gasteiger partial charge in [-0.1, -0.05) is 29.4 Å². The lowest BCUT2D eigenvalue weighted by atomic mass is 10.0. The topological polar surface area (TPSA) is 82.1 Å². The van der Waals surface area contributed by atoms with Crippen LogP contribution in [0.3, 0.4) is 0 Å². The van der Waals surface area contributed by atoms with Crippen molar-refractivity contribution in [3.8, 4) is 28.3 Å². The second-order valence-electron chi connectivity index (χ2n) is 6.71. The average Bonchev–Trinajstić information content (AvgIpc) is 3.08. The summed E-state index contributed by atoms with van der Waals surface area (Å²) in [4.78, 5) is 24.4. The smallest absolute Gasteiger partial charge is 0.388 e. The molecular weight excluding hydrogens is 368 g/mol. The Morgan fingerprint density at radius 1 is 0.966 bits per heavy atom. The summed E-state index contributed by atoms with van der Waals surface area (Å²) in [7, 11) is 3.45. The number of hydrogen-bond acceptors (Lipinski definition) is 5. The third-order valence-electron chi connectivity index (χ3n) is 4.93. The Labute approximate surface area is 166 Å². The van der Waals surface area contributed by atoms with E-state index in [-0.39, 0.29) is 5.56 Å². The van der Waals surface area contributed by atoms with Gasteiger partial charge in [-0.05, 0) is 42.8 Å². The van der Waals surface area contributed by atoms with Gasteiger partial charge in [0.25, 0.3) is 5.56 Å². The Balaban J connectivity index is 1.90. The molecule has 2 heterocycles. The Bertz CT molecular complexity index is 1300. The van der Waals surface area contributed by atoms with Crippen molar-refractivity contribution in [3.05, 3.63) is 87.1 Å². The van der Waals surface area contributed by atoms with Crippen LogP contribution in [0.15, 0.2) is 74.8 Å². The van der Waals surface area contributed by atoms with Crippen LogP contribution in [0.4, 0.5) is 5.69 Å². The summed E-state index contributed by atoms with van der Waals surface area (Å²) in [6.07, 6.45) is 0. The number of aryl methyl sites for hydroxylation is 1. The molecule has 0 saturated heterocycles. The van der Waals surface area contributed by atoms with E-state index in [2.05, 4.69) is 10.5 Å². The zero-order valence-corrected chi connectivity index (χ0v) is 16.3. The molecule has 0 radical (unpaired) electrons. The highest BCUT2D eigenvalue weighted by Gasteiger charge is 2.15. The Morgan fingerprint density at radius 2 is 1.69 bits per heavy atom. The van der Waals surface area contributed by atoms with Crippen LogP contribution < -0.4 is 16.6 Å². The first kappa shape index (κ1) is 18.5. The van der Waals surface area contributed by atoms with E-state index in [1.54, 1.807) is 17.7 Å². The van der Waals surface area contributed by atoms with Crippen LogP contribution in [0.2, 0.25) is 0 Å². The van der Waals surface area contributed by atoms with Crippen molar-refractivity contribution in [2.75, 3.05) is 12.4 Å². The number of para-hydroxylation sites is 1. The molecule has 4 aromatic rings. The Hall–Kier alpha value is -3.87. The largest absolute Gasteiger partial charge is 0.441 e. The van der Waals surface area contributed by atoms with E-state index < -0.39 is 5.76 Å². The average molecular weight is 388 g/mol. The van der Waals surface area contributed by atoms with Crippen molar-refractivity contribution >= 4 is 5.69 Å². The Morgan fingerprint density at radius 3 is 2.34 bits per heavy atom. The number of anilines is 1. The standard InChI is InChI=1S/C22H20N4O3/c1-14-8-13-19(27)26(20(14)17-6-4-5-7-18(17)23-2)16-11-9-15(10-12-16)21-24-29-22(28)25(21)3/h4-13,23H,1-3H3. The number of aromatic nitrogens is 3. The van der Waals surface area contributed by atoms with Gasteiger partial charge in [-0.3, -0.25) is 18.5 Å². The molecule has 7 nitrogen and oxygen atoms in total. The van der Waals surface area contributed by atoms with Gasteiger partial charge in [-0.25, -0.2) is 4.79 Å².